The first-order chi connectivity index (χ1) is 8.27. The van der Waals surface area contributed by atoms with Crippen LogP contribution < -0.4 is 0 Å². The highest BCUT2D eigenvalue weighted by atomic mass is 15.0. The average Bonchev–Trinajstić information content (AvgIpc) is 2.72. The van der Waals surface area contributed by atoms with E-state index in [1.807, 2.05) is 13.4 Å². The zero-order chi connectivity index (χ0) is 11.8. The van der Waals surface area contributed by atoms with E-state index in [9.17, 15) is 0 Å². The predicted molar refractivity (Wildman–Crippen MR) is 70.9 cm³/mol. The van der Waals surface area contributed by atoms with E-state index in [2.05, 4.69) is 58.9 Å². The molecule has 0 atom stereocenters. The van der Waals surface area contributed by atoms with Crippen LogP contribution in [0.5, 0.6) is 0 Å². The van der Waals surface area contributed by atoms with E-state index in [4.69, 9.17) is 0 Å². The molecule has 0 bridgehead atoms. The molecule has 3 rings (SSSR count). The first kappa shape index (κ1) is 10.1. The normalized spacial score (nSPS) is 10.9. The molecule has 1 heterocycles. The molecule has 0 fully saturated rings. The van der Waals surface area contributed by atoms with Gasteiger partial charge in [-0.2, -0.15) is 0 Å². The molecule has 0 aliphatic heterocycles. The van der Waals surface area contributed by atoms with Crippen molar-refractivity contribution in [3.05, 3.63) is 54.4 Å². The molecule has 3 aromatic rings. The van der Waals surface area contributed by atoms with Crippen LogP contribution in [-0.4, -0.2) is 9.55 Å². The van der Waals surface area contributed by atoms with Crippen LogP contribution in [0.4, 0.5) is 0 Å². The first-order valence-electron chi connectivity index (χ1n) is 5.73. The third-order valence-electron chi connectivity index (χ3n) is 3.19. The fourth-order valence-electron chi connectivity index (χ4n) is 2.25. The summed E-state index contributed by atoms with van der Waals surface area (Å²) in [6.07, 6.45) is 1.87. The first-order valence-corrected chi connectivity index (χ1v) is 5.73. The van der Waals surface area contributed by atoms with Gasteiger partial charge in [-0.25, -0.2) is 4.98 Å². The molecule has 0 aliphatic carbocycles. The Kier molecular flexibility index (Phi) is 2.22. The van der Waals surface area contributed by atoms with Gasteiger partial charge in [0, 0.05) is 12.6 Å². The summed E-state index contributed by atoms with van der Waals surface area (Å²) in [6.45, 7) is 2.14. The van der Waals surface area contributed by atoms with E-state index in [0.717, 1.165) is 5.52 Å². The zero-order valence-corrected chi connectivity index (χ0v) is 10.0. The van der Waals surface area contributed by atoms with Crippen LogP contribution in [0.2, 0.25) is 0 Å². The van der Waals surface area contributed by atoms with Crippen LogP contribution in [0.3, 0.4) is 0 Å². The molecule has 1 aromatic heterocycles. The molecule has 0 aliphatic rings. The Hall–Kier alpha value is -2.09. The largest absolute Gasteiger partial charge is 0.334 e. The summed E-state index contributed by atoms with van der Waals surface area (Å²) in [6, 6.07) is 14.8. The van der Waals surface area contributed by atoms with Crippen LogP contribution in [0.1, 0.15) is 5.56 Å². The van der Waals surface area contributed by atoms with Gasteiger partial charge in [0.15, 0.2) is 0 Å². The molecule has 0 saturated heterocycles. The number of aromatic nitrogens is 2. The maximum Gasteiger partial charge on any atom is 0.0962 e. The van der Waals surface area contributed by atoms with Crippen LogP contribution in [-0.2, 0) is 7.05 Å². The molecule has 0 spiro atoms. The minimum atomic E-state index is 1.07. The lowest BCUT2D eigenvalue weighted by Crippen LogP contribution is -1.86. The maximum atomic E-state index is 4.50. The fraction of sp³-hybridized carbons (Fsp3) is 0.133. The van der Waals surface area contributed by atoms with Crippen molar-refractivity contribution in [3.8, 4) is 11.1 Å². The fourth-order valence-corrected chi connectivity index (χ4v) is 2.25. The Balaban J connectivity index is 2.35. The molecule has 0 saturated carbocycles. The number of aryl methyl sites for hydroxylation is 2. The highest BCUT2D eigenvalue weighted by Crippen LogP contribution is 2.29. The van der Waals surface area contributed by atoms with Crippen molar-refractivity contribution in [2.24, 2.45) is 7.05 Å². The highest BCUT2D eigenvalue weighted by molar-refractivity contribution is 5.92. The number of hydrogen-bond donors (Lipinski definition) is 0. The van der Waals surface area contributed by atoms with Crippen LogP contribution >= 0.6 is 0 Å². The monoisotopic (exact) mass is 222 g/mol. The summed E-state index contributed by atoms with van der Waals surface area (Å²) in [5.74, 6) is 0. The second kappa shape index (κ2) is 3.74. The van der Waals surface area contributed by atoms with E-state index < -0.39 is 0 Å². The quantitative estimate of drug-likeness (QED) is 0.615. The van der Waals surface area contributed by atoms with E-state index in [0.29, 0.717) is 0 Å². The Labute approximate surface area is 101 Å². The molecule has 2 heteroatoms. The van der Waals surface area contributed by atoms with Gasteiger partial charge in [-0.05, 0) is 24.1 Å². The number of nitrogens with zero attached hydrogens (tertiary/aromatic N) is 2. The zero-order valence-electron chi connectivity index (χ0n) is 10.0. The Morgan fingerprint density at radius 2 is 1.71 bits per heavy atom. The van der Waals surface area contributed by atoms with E-state index in [1.54, 1.807) is 0 Å². The minimum Gasteiger partial charge on any atom is -0.334 e. The van der Waals surface area contributed by atoms with Gasteiger partial charge in [0.25, 0.3) is 0 Å². The smallest absolute Gasteiger partial charge is 0.0962 e. The summed E-state index contributed by atoms with van der Waals surface area (Å²) in [4.78, 5) is 4.50. The molecule has 0 unspecified atom stereocenters. The van der Waals surface area contributed by atoms with Crippen LogP contribution in [0, 0.1) is 6.92 Å². The van der Waals surface area contributed by atoms with Gasteiger partial charge in [-0.3, -0.25) is 0 Å². The molecular weight excluding hydrogens is 208 g/mol. The highest BCUT2D eigenvalue weighted by Gasteiger charge is 2.08. The van der Waals surface area contributed by atoms with Gasteiger partial charge in [-0.1, -0.05) is 36.4 Å². The lowest BCUT2D eigenvalue weighted by atomic mass is 9.99. The van der Waals surface area contributed by atoms with Crippen molar-refractivity contribution in [2.45, 2.75) is 6.92 Å². The van der Waals surface area contributed by atoms with Crippen molar-refractivity contribution in [1.82, 2.24) is 9.55 Å². The summed E-state index contributed by atoms with van der Waals surface area (Å²) in [5.41, 5.74) is 6.00. The summed E-state index contributed by atoms with van der Waals surface area (Å²) < 4.78 is 2.05. The van der Waals surface area contributed by atoms with Gasteiger partial charge in [0.1, 0.15) is 0 Å². The number of rotatable bonds is 1. The number of hydrogen-bond acceptors (Lipinski definition) is 1. The lowest BCUT2D eigenvalue weighted by Gasteiger charge is -2.06. The van der Waals surface area contributed by atoms with Gasteiger partial charge >= 0.3 is 0 Å². The summed E-state index contributed by atoms with van der Waals surface area (Å²) in [7, 11) is 2.02. The topological polar surface area (TPSA) is 17.8 Å². The lowest BCUT2D eigenvalue weighted by molar-refractivity contribution is 0.948. The standard InChI is InChI=1S/C15H14N2/c1-11-6-3-4-7-12(11)13-8-5-9-14-15(13)16-10-17(14)2/h3-10H,1-2H3. The molecule has 84 valence electrons. The van der Waals surface area contributed by atoms with Crippen molar-refractivity contribution >= 4 is 11.0 Å². The van der Waals surface area contributed by atoms with Crippen LogP contribution in [0.15, 0.2) is 48.8 Å². The van der Waals surface area contributed by atoms with Crippen LogP contribution in [0.25, 0.3) is 22.2 Å². The Bertz CT molecular complexity index is 680. The van der Waals surface area contributed by atoms with E-state index >= 15 is 0 Å². The Morgan fingerprint density at radius 3 is 2.53 bits per heavy atom. The summed E-state index contributed by atoms with van der Waals surface area (Å²) in [5, 5.41) is 0. The second-order valence-electron chi connectivity index (χ2n) is 4.34. The van der Waals surface area contributed by atoms with E-state index in [-0.39, 0.29) is 0 Å². The molecule has 0 amide bonds. The Morgan fingerprint density at radius 1 is 0.941 bits per heavy atom. The van der Waals surface area contributed by atoms with E-state index in [1.165, 1.54) is 22.2 Å². The van der Waals surface area contributed by atoms with Gasteiger partial charge in [-0.15, -0.1) is 0 Å². The average molecular weight is 222 g/mol. The predicted octanol–water partition coefficient (Wildman–Crippen LogP) is 3.55. The van der Waals surface area contributed by atoms with Gasteiger partial charge < -0.3 is 4.57 Å². The molecule has 17 heavy (non-hydrogen) atoms. The van der Waals surface area contributed by atoms with Crippen molar-refractivity contribution in [2.75, 3.05) is 0 Å². The molecular formula is C15H14N2. The molecule has 0 radical (unpaired) electrons. The number of fused-ring (bicyclic) bond motifs is 1. The SMILES string of the molecule is Cc1ccccc1-c1cccc2c1ncn2C. The maximum absolute atomic E-state index is 4.50. The number of para-hydroxylation sites is 1. The third-order valence-corrected chi connectivity index (χ3v) is 3.19. The molecule has 0 N–H and O–H groups in total. The third kappa shape index (κ3) is 1.53. The number of imidazole rings is 1. The molecule has 2 aromatic carbocycles. The van der Waals surface area contributed by atoms with Crippen molar-refractivity contribution < 1.29 is 0 Å². The summed E-state index contributed by atoms with van der Waals surface area (Å²) >= 11 is 0. The molecule has 2 nitrogen and oxygen atoms in total. The van der Waals surface area contributed by atoms with Gasteiger partial charge in [0.05, 0.1) is 17.4 Å². The van der Waals surface area contributed by atoms with Crippen molar-refractivity contribution in [1.29, 1.82) is 0 Å². The van der Waals surface area contributed by atoms with Crippen molar-refractivity contribution in [3.63, 3.8) is 0 Å². The number of benzene rings is 2. The minimum absolute atomic E-state index is 1.07. The second-order valence-corrected chi connectivity index (χ2v) is 4.34. The van der Waals surface area contributed by atoms with Gasteiger partial charge in [0.2, 0.25) is 0 Å².